The van der Waals surface area contributed by atoms with E-state index in [-0.39, 0.29) is 23.5 Å². The van der Waals surface area contributed by atoms with Gasteiger partial charge in [0.25, 0.3) is 0 Å². The normalized spacial score (nSPS) is 14.5. The number of carbonyl (C=O) groups is 1. The summed E-state index contributed by atoms with van der Waals surface area (Å²) in [6.07, 6.45) is 0. The van der Waals surface area contributed by atoms with Gasteiger partial charge in [0.05, 0.1) is 17.5 Å². The third-order valence-corrected chi connectivity index (χ3v) is 4.39. The molecule has 2 atom stereocenters. The number of nitrogens with two attached hydrogens (primary N) is 1. The zero-order valence-corrected chi connectivity index (χ0v) is 13.1. The maximum absolute atomic E-state index is 11.8. The molecule has 118 valence electrons. The third-order valence-electron chi connectivity index (χ3n) is 2.98. The molecule has 4 N–H and O–H groups in total. The minimum Gasteiger partial charge on any atom is -0.383 e. The molecule has 0 aliphatic heterocycles. The molecule has 1 aromatic carbocycles. The SMILES string of the molecule is CNS(=O)(=O)c1cccc(C(C)NC(=O)C(N)COC)c1. The maximum Gasteiger partial charge on any atom is 0.240 e. The van der Waals surface area contributed by atoms with Crippen LogP contribution in [0.4, 0.5) is 0 Å². The van der Waals surface area contributed by atoms with Crippen molar-refractivity contribution in [3.63, 3.8) is 0 Å². The number of hydrogen-bond donors (Lipinski definition) is 3. The van der Waals surface area contributed by atoms with Crippen LogP contribution in [-0.2, 0) is 19.6 Å². The lowest BCUT2D eigenvalue weighted by Gasteiger charge is -2.18. The van der Waals surface area contributed by atoms with E-state index in [0.717, 1.165) is 0 Å². The van der Waals surface area contributed by atoms with Crippen molar-refractivity contribution in [2.24, 2.45) is 5.73 Å². The summed E-state index contributed by atoms with van der Waals surface area (Å²) in [6, 6.07) is 5.23. The van der Waals surface area contributed by atoms with Gasteiger partial charge >= 0.3 is 0 Å². The standard InChI is InChI=1S/C13H21N3O4S/c1-9(16-13(17)12(14)8-20-3)10-5-4-6-11(7-10)21(18,19)15-2/h4-7,9,12,15H,8,14H2,1-3H3,(H,16,17). The molecule has 0 fully saturated rings. The van der Waals surface area contributed by atoms with Crippen LogP contribution in [0.2, 0.25) is 0 Å². The lowest BCUT2D eigenvalue weighted by Crippen LogP contribution is -2.44. The van der Waals surface area contributed by atoms with E-state index in [1.54, 1.807) is 19.1 Å². The molecule has 0 radical (unpaired) electrons. The number of hydrogen-bond acceptors (Lipinski definition) is 5. The van der Waals surface area contributed by atoms with E-state index in [4.69, 9.17) is 10.5 Å². The second kappa shape index (κ2) is 7.51. The number of benzene rings is 1. The lowest BCUT2D eigenvalue weighted by atomic mass is 10.1. The van der Waals surface area contributed by atoms with E-state index in [0.29, 0.717) is 5.56 Å². The van der Waals surface area contributed by atoms with Gasteiger partial charge in [-0.1, -0.05) is 12.1 Å². The van der Waals surface area contributed by atoms with Crippen molar-refractivity contribution in [1.29, 1.82) is 0 Å². The first-order valence-corrected chi connectivity index (χ1v) is 7.88. The van der Waals surface area contributed by atoms with Crippen molar-refractivity contribution < 1.29 is 17.9 Å². The first-order chi connectivity index (χ1) is 9.81. The Labute approximate surface area is 124 Å². The summed E-state index contributed by atoms with van der Waals surface area (Å²) in [5.74, 6) is -0.355. The molecule has 0 aromatic heterocycles. The Kier molecular flexibility index (Phi) is 6.28. The minimum absolute atomic E-state index is 0.118. The van der Waals surface area contributed by atoms with Crippen LogP contribution in [-0.4, -0.2) is 41.1 Å². The summed E-state index contributed by atoms with van der Waals surface area (Å²) in [6.45, 7) is 1.87. The highest BCUT2D eigenvalue weighted by Crippen LogP contribution is 2.17. The molecule has 0 heterocycles. The van der Waals surface area contributed by atoms with E-state index in [1.165, 1.54) is 26.3 Å². The van der Waals surface area contributed by atoms with E-state index in [2.05, 4.69) is 10.0 Å². The monoisotopic (exact) mass is 315 g/mol. The second-order valence-corrected chi connectivity index (χ2v) is 6.46. The zero-order valence-electron chi connectivity index (χ0n) is 12.3. The molecule has 0 aliphatic rings. The van der Waals surface area contributed by atoms with E-state index in [1.807, 2.05) is 0 Å². The summed E-state index contributed by atoms with van der Waals surface area (Å²) in [5.41, 5.74) is 6.30. The summed E-state index contributed by atoms with van der Waals surface area (Å²) in [4.78, 5) is 12.0. The van der Waals surface area contributed by atoms with Gasteiger partial charge in [-0.15, -0.1) is 0 Å². The van der Waals surface area contributed by atoms with E-state index in [9.17, 15) is 13.2 Å². The van der Waals surface area contributed by atoms with E-state index < -0.39 is 16.1 Å². The fourth-order valence-corrected chi connectivity index (χ4v) is 2.51. The Hall–Kier alpha value is -1.48. The van der Waals surface area contributed by atoms with Crippen molar-refractivity contribution in [3.05, 3.63) is 29.8 Å². The first-order valence-electron chi connectivity index (χ1n) is 6.40. The Morgan fingerprint density at radius 3 is 2.67 bits per heavy atom. The molecule has 0 saturated heterocycles. The molecule has 8 heteroatoms. The number of rotatable bonds is 7. The highest BCUT2D eigenvalue weighted by atomic mass is 32.2. The molecule has 7 nitrogen and oxygen atoms in total. The molecule has 0 spiro atoms. The molecule has 1 aromatic rings. The average molecular weight is 315 g/mol. The summed E-state index contributed by atoms with van der Waals surface area (Å²) >= 11 is 0. The lowest BCUT2D eigenvalue weighted by molar-refractivity contribution is -0.124. The fraction of sp³-hybridized carbons (Fsp3) is 0.462. The quantitative estimate of drug-likeness (QED) is 0.642. The summed E-state index contributed by atoms with van der Waals surface area (Å²) in [5, 5.41) is 2.72. The fourth-order valence-electron chi connectivity index (χ4n) is 1.73. The van der Waals surface area contributed by atoms with Gasteiger partial charge < -0.3 is 15.8 Å². The van der Waals surface area contributed by atoms with Crippen molar-refractivity contribution >= 4 is 15.9 Å². The molecule has 1 rings (SSSR count). The number of sulfonamides is 1. The third kappa shape index (κ3) is 4.78. The molecule has 0 aliphatic carbocycles. The van der Waals surface area contributed by atoms with Crippen LogP contribution in [0.3, 0.4) is 0 Å². The Morgan fingerprint density at radius 1 is 1.43 bits per heavy atom. The van der Waals surface area contributed by atoms with Crippen LogP contribution in [0.25, 0.3) is 0 Å². The maximum atomic E-state index is 11.8. The van der Waals surface area contributed by atoms with Crippen LogP contribution < -0.4 is 15.8 Å². The second-order valence-electron chi connectivity index (χ2n) is 4.57. The number of amides is 1. The number of ether oxygens (including phenoxy) is 1. The van der Waals surface area contributed by atoms with Gasteiger partial charge in [-0.25, -0.2) is 13.1 Å². The van der Waals surface area contributed by atoms with Gasteiger partial charge in [-0.05, 0) is 31.7 Å². The van der Waals surface area contributed by atoms with Crippen molar-refractivity contribution in [2.45, 2.75) is 23.9 Å². The van der Waals surface area contributed by atoms with Gasteiger partial charge in [-0.2, -0.15) is 0 Å². The van der Waals surface area contributed by atoms with Gasteiger partial charge in [0.1, 0.15) is 6.04 Å². The van der Waals surface area contributed by atoms with Gasteiger partial charge in [0, 0.05) is 7.11 Å². The van der Waals surface area contributed by atoms with Crippen molar-refractivity contribution in [1.82, 2.24) is 10.0 Å². The summed E-state index contributed by atoms with van der Waals surface area (Å²) in [7, 11) is -0.710. The molecule has 1 amide bonds. The smallest absolute Gasteiger partial charge is 0.240 e. The van der Waals surface area contributed by atoms with Crippen LogP contribution in [0.5, 0.6) is 0 Å². The number of methoxy groups -OCH3 is 1. The van der Waals surface area contributed by atoms with Crippen molar-refractivity contribution in [3.8, 4) is 0 Å². The first kappa shape index (κ1) is 17.6. The Morgan fingerprint density at radius 2 is 2.10 bits per heavy atom. The van der Waals surface area contributed by atoms with Gasteiger partial charge in [0.2, 0.25) is 15.9 Å². The van der Waals surface area contributed by atoms with E-state index >= 15 is 0 Å². The van der Waals surface area contributed by atoms with Gasteiger partial charge in [0.15, 0.2) is 0 Å². The van der Waals surface area contributed by atoms with Crippen LogP contribution >= 0.6 is 0 Å². The predicted octanol–water partition coefficient (Wildman–Crippen LogP) is -0.254. The Balaban J connectivity index is 2.87. The minimum atomic E-state index is -3.52. The number of nitrogens with one attached hydrogen (secondary N) is 2. The predicted molar refractivity (Wildman–Crippen MR) is 79.1 cm³/mol. The highest BCUT2D eigenvalue weighted by Gasteiger charge is 2.18. The van der Waals surface area contributed by atoms with Crippen LogP contribution in [0.15, 0.2) is 29.2 Å². The van der Waals surface area contributed by atoms with Crippen LogP contribution in [0, 0.1) is 0 Å². The molecular formula is C13H21N3O4S. The molecule has 2 unspecified atom stereocenters. The van der Waals surface area contributed by atoms with Crippen LogP contribution in [0.1, 0.15) is 18.5 Å². The topological polar surface area (TPSA) is 111 Å². The Bertz CT molecular complexity index is 589. The summed E-state index contributed by atoms with van der Waals surface area (Å²) < 4.78 is 30.6. The number of carbonyl (C=O) groups excluding carboxylic acids is 1. The molecular weight excluding hydrogens is 294 g/mol. The highest BCUT2D eigenvalue weighted by molar-refractivity contribution is 7.89. The molecule has 0 saturated carbocycles. The average Bonchev–Trinajstić information content (AvgIpc) is 2.47. The molecule has 21 heavy (non-hydrogen) atoms. The zero-order chi connectivity index (χ0) is 16.0. The molecule has 0 bridgehead atoms. The van der Waals surface area contributed by atoms with Crippen molar-refractivity contribution in [2.75, 3.05) is 20.8 Å². The largest absolute Gasteiger partial charge is 0.383 e. The van der Waals surface area contributed by atoms with Gasteiger partial charge in [-0.3, -0.25) is 4.79 Å².